The van der Waals surface area contributed by atoms with Crippen LogP contribution in [0.5, 0.6) is 0 Å². The molecule has 2 saturated heterocycles. The molecule has 0 bridgehead atoms. The number of benzene rings is 1. The van der Waals surface area contributed by atoms with Crippen LogP contribution >= 0.6 is 0 Å². The number of aryl methyl sites for hydroxylation is 1. The Balaban J connectivity index is 1.54. The molecule has 2 aliphatic rings. The molecule has 3 heterocycles. The molecular formula is C18H22N2O3. The third-order valence-electron chi connectivity index (χ3n) is 4.98. The van der Waals surface area contributed by atoms with E-state index in [1.807, 2.05) is 17.0 Å². The van der Waals surface area contributed by atoms with Gasteiger partial charge in [-0.1, -0.05) is 18.2 Å². The topological polar surface area (TPSA) is 43.7 Å². The minimum absolute atomic E-state index is 0.157. The lowest BCUT2D eigenvalue weighted by Crippen LogP contribution is -2.54. The van der Waals surface area contributed by atoms with Crippen molar-refractivity contribution in [1.29, 1.82) is 0 Å². The maximum Gasteiger partial charge on any atom is 0.242 e. The Morgan fingerprint density at radius 2 is 2.17 bits per heavy atom. The molecule has 1 amide bonds. The standard InChI is InChI=1S/C18H22N2O3/c1-14-10-15-4-2-3-5-16(15)20(14)11-17(21)19-7-9-23-18(12-19)6-8-22-13-18/h2-5,10H,6-9,11-13H2,1H3. The molecule has 1 aromatic heterocycles. The number of aromatic nitrogens is 1. The Kier molecular flexibility index (Phi) is 3.62. The van der Waals surface area contributed by atoms with Crippen molar-refractivity contribution in [2.75, 3.05) is 32.9 Å². The number of amides is 1. The molecule has 0 saturated carbocycles. The van der Waals surface area contributed by atoms with Crippen LogP contribution in [-0.4, -0.2) is 53.9 Å². The summed E-state index contributed by atoms with van der Waals surface area (Å²) in [6.45, 7) is 5.67. The molecule has 1 aromatic carbocycles. The fourth-order valence-electron chi connectivity index (χ4n) is 3.68. The smallest absolute Gasteiger partial charge is 0.242 e. The van der Waals surface area contributed by atoms with Gasteiger partial charge in [0.25, 0.3) is 0 Å². The summed E-state index contributed by atoms with van der Waals surface area (Å²) in [5.74, 6) is 0.157. The first kappa shape index (κ1) is 14.7. The van der Waals surface area contributed by atoms with Crippen molar-refractivity contribution in [1.82, 2.24) is 9.47 Å². The monoisotopic (exact) mass is 314 g/mol. The van der Waals surface area contributed by atoms with Crippen LogP contribution in [0, 0.1) is 6.92 Å². The highest BCUT2D eigenvalue weighted by Crippen LogP contribution is 2.28. The largest absolute Gasteiger partial charge is 0.378 e. The van der Waals surface area contributed by atoms with Crippen molar-refractivity contribution >= 4 is 16.8 Å². The SMILES string of the molecule is Cc1cc2ccccc2n1CC(=O)N1CCOC2(CCOC2)C1. The molecule has 5 nitrogen and oxygen atoms in total. The van der Waals surface area contributed by atoms with Crippen molar-refractivity contribution in [3.05, 3.63) is 36.0 Å². The van der Waals surface area contributed by atoms with E-state index in [4.69, 9.17) is 9.47 Å². The van der Waals surface area contributed by atoms with Gasteiger partial charge >= 0.3 is 0 Å². The van der Waals surface area contributed by atoms with E-state index in [0.29, 0.717) is 32.8 Å². The Bertz CT molecular complexity index is 731. The van der Waals surface area contributed by atoms with Gasteiger partial charge in [-0.05, 0) is 24.4 Å². The summed E-state index contributed by atoms with van der Waals surface area (Å²) in [4.78, 5) is 14.7. The summed E-state index contributed by atoms with van der Waals surface area (Å²) in [5, 5.41) is 1.18. The van der Waals surface area contributed by atoms with Gasteiger partial charge in [0, 0.05) is 30.8 Å². The minimum atomic E-state index is -0.276. The van der Waals surface area contributed by atoms with Crippen LogP contribution in [-0.2, 0) is 20.8 Å². The number of hydrogen-bond donors (Lipinski definition) is 0. The first-order valence-corrected chi connectivity index (χ1v) is 8.21. The average Bonchev–Trinajstić information content (AvgIpc) is 3.13. The van der Waals surface area contributed by atoms with E-state index in [0.717, 1.165) is 24.2 Å². The van der Waals surface area contributed by atoms with Gasteiger partial charge in [-0.15, -0.1) is 0 Å². The molecule has 0 aliphatic carbocycles. The summed E-state index contributed by atoms with van der Waals surface area (Å²) in [7, 11) is 0. The van der Waals surface area contributed by atoms with Crippen LogP contribution in [0.1, 0.15) is 12.1 Å². The second-order valence-corrected chi connectivity index (χ2v) is 6.58. The average molecular weight is 314 g/mol. The molecule has 122 valence electrons. The molecule has 5 heteroatoms. The number of rotatable bonds is 2. The predicted octanol–water partition coefficient (Wildman–Crippen LogP) is 1.97. The van der Waals surface area contributed by atoms with E-state index in [9.17, 15) is 4.79 Å². The first-order valence-electron chi connectivity index (χ1n) is 8.21. The van der Waals surface area contributed by atoms with Crippen molar-refractivity contribution in [3.8, 4) is 0 Å². The zero-order valence-corrected chi connectivity index (χ0v) is 13.5. The highest BCUT2D eigenvalue weighted by molar-refractivity contribution is 5.84. The maximum absolute atomic E-state index is 12.8. The highest BCUT2D eigenvalue weighted by atomic mass is 16.6. The summed E-state index contributed by atoms with van der Waals surface area (Å²) in [6, 6.07) is 10.3. The van der Waals surface area contributed by atoms with Crippen LogP contribution in [0.4, 0.5) is 0 Å². The fourth-order valence-corrected chi connectivity index (χ4v) is 3.68. The Labute approximate surface area is 135 Å². The Morgan fingerprint density at radius 1 is 1.30 bits per heavy atom. The molecule has 23 heavy (non-hydrogen) atoms. The number of carbonyl (C=O) groups is 1. The van der Waals surface area contributed by atoms with Gasteiger partial charge in [0.2, 0.25) is 5.91 Å². The minimum Gasteiger partial charge on any atom is -0.378 e. The summed E-state index contributed by atoms with van der Waals surface area (Å²) >= 11 is 0. The molecule has 2 aromatic rings. The first-order chi connectivity index (χ1) is 11.2. The molecule has 1 unspecified atom stereocenters. The van der Waals surface area contributed by atoms with E-state index in [-0.39, 0.29) is 11.5 Å². The second kappa shape index (κ2) is 5.65. The lowest BCUT2D eigenvalue weighted by molar-refractivity contribution is -0.151. The highest BCUT2D eigenvalue weighted by Gasteiger charge is 2.41. The van der Waals surface area contributed by atoms with Crippen molar-refractivity contribution in [2.24, 2.45) is 0 Å². The lowest BCUT2D eigenvalue weighted by Gasteiger charge is -2.39. The van der Waals surface area contributed by atoms with E-state index >= 15 is 0 Å². The number of nitrogens with zero attached hydrogens (tertiary/aromatic N) is 2. The van der Waals surface area contributed by atoms with E-state index in [2.05, 4.69) is 29.7 Å². The van der Waals surface area contributed by atoms with Crippen LogP contribution in [0.2, 0.25) is 0 Å². The van der Waals surface area contributed by atoms with Crippen molar-refractivity contribution < 1.29 is 14.3 Å². The van der Waals surface area contributed by atoms with Gasteiger partial charge in [0.15, 0.2) is 0 Å². The molecular weight excluding hydrogens is 292 g/mol. The summed E-state index contributed by atoms with van der Waals surface area (Å²) in [6.07, 6.45) is 0.877. The number of hydrogen-bond acceptors (Lipinski definition) is 3. The molecule has 2 aliphatic heterocycles. The van der Waals surface area contributed by atoms with Crippen LogP contribution in [0.15, 0.2) is 30.3 Å². The van der Waals surface area contributed by atoms with E-state index < -0.39 is 0 Å². The molecule has 1 spiro atoms. The van der Waals surface area contributed by atoms with Crippen molar-refractivity contribution in [2.45, 2.75) is 25.5 Å². The Hall–Kier alpha value is -1.85. The van der Waals surface area contributed by atoms with Gasteiger partial charge in [0.05, 0.1) is 19.8 Å². The zero-order valence-electron chi connectivity index (χ0n) is 13.5. The maximum atomic E-state index is 12.8. The van der Waals surface area contributed by atoms with Gasteiger partial charge in [-0.2, -0.15) is 0 Å². The van der Waals surface area contributed by atoms with Crippen molar-refractivity contribution in [3.63, 3.8) is 0 Å². The number of morpholine rings is 1. The molecule has 0 N–H and O–H groups in total. The Morgan fingerprint density at radius 3 is 3.00 bits per heavy atom. The number of para-hydroxylation sites is 1. The number of ether oxygens (including phenoxy) is 2. The third-order valence-corrected chi connectivity index (χ3v) is 4.98. The molecule has 1 atom stereocenters. The molecule has 0 radical (unpaired) electrons. The summed E-state index contributed by atoms with van der Waals surface area (Å²) < 4.78 is 13.5. The van der Waals surface area contributed by atoms with Gasteiger partial charge in [-0.3, -0.25) is 4.79 Å². The fraction of sp³-hybridized carbons (Fsp3) is 0.500. The van der Waals surface area contributed by atoms with Gasteiger partial charge in [-0.25, -0.2) is 0 Å². The lowest BCUT2D eigenvalue weighted by atomic mass is 10.0. The van der Waals surface area contributed by atoms with Gasteiger partial charge < -0.3 is 18.9 Å². The predicted molar refractivity (Wildman–Crippen MR) is 87.4 cm³/mol. The van der Waals surface area contributed by atoms with Crippen LogP contribution in [0.25, 0.3) is 10.9 Å². The number of carbonyl (C=O) groups excluding carboxylic acids is 1. The normalized spacial score (nSPS) is 24.7. The van der Waals surface area contributed by atoms with Crippen LogP contribution in [0.3, 0.4) is 0 Å². The molecule has 4 rings (SSSR count). The third kappa shape index (κ3) is 2.64. The summed E-state index contributed by atoms with van der Waals surface area (Å²) in [5.41, 5.74) is 1.96. The zero-order chi connectivity index (χ0) is 15.9. The quantitative estimate of drug-likeness (QED) is 0.851. The molecule has 2 fully saturated rings. The van der Waals surface area contributed by atoms with Gasteiger partial charge in [0.1, 0.15) is 12.1 Å². The second-order valence-electron chi connectivity index (χ2n) is 6.58. The van der Waals surface area contributed by atoms with E-state index in [1.54, 1.807) is 0 Å². The number of fused-ring (bicyclic) bond motifs is 1. The van der Waals surface area contributed by atoms with Crippen LogP contribution < -0.4 is 0 Å². The van der Waals surface area contributed by atoms with E-state index in [1.165, 1.54) is 5.39 Å².